The van der Waals surface area contributed by atoms with E-state index in [1.807, 2.05) is 26.0 Å². The number of fused-ring (bicyclic) bond motifs is 1. The number of carbonyl (C=O) groups excluding carboxylic acids is 1. The van der Waals surface area contributed by atoms with E-state index in [1.54, 1.807) is 35.1 Å². The van der Waals surface area contributed by atoms with Gasteiger partial charge in [0.1, 0.15) is 11.3 Å². The highest BCUT2D eigenvalue weighted by Crippen LogP contribution is 2.23. The summed E-state index contributed by atoms with van der Waals surface area (Å²) in [5.41, 5.74) is 3.33. The van der Waals surface area contributed by atoms with Crippen LogP contribution in [-0.2, 0) is 0 Å². The summed E-state index contributed by atoms with van der Waals surface area (Å²) in [6, 6.07) is 9.08. The fourth-order valence-electron chi connectivity index (χ4n) is 2.48. The van der Waals surface area contributed by atoms with Crippen LogP contribution in [0, 0.1) is 13.8 Å². The van der Waals surface area contributed by atoms with Gasteiger partial charge in [0.25, 0.3) is 5.91 Å². The molecule has 7 nitrogen and oxygen atoms in total. The second-order valence-corrected chi connectivity index (χ2v) is 5.64. The molecule has 3 aromatic heterocycles. The highest BCUT2D eigenvalue weighted by molar-refractivity contribution is 6.08. The van der Waals surface area contributed by atoms with Crippen molar-refractivity contribution in [3.8, 4) is 11.5 Å². The van der Waals surface area contributed by atoms with Crippen LogP contribution in [0.5, 0.6) is 0 Å². The van der Waals surface area contributed by atoms with Crippen molar-refractivity contribution in [1.82, 2.24) is 19.6 Å². The van der Waals surface area contributed by atoms with Crippen LogP contribution >= 0.6 is 0 Å². The van der Waals surface area contributed by atoms with Gasteiger partial charge in [-0.1, -0.05) is 0 Å². The Morgan fingerprint density at radius 2 is 2.00 bits per heavy atom. The molecule has 0 aliphatic rings. The summed E-state index contributed by atoms with van der Waals surface area (Å²) in [6.07, 6.45) is 4.88. The summed E-state index contributed by atoms with van der Waals surface area (Å²) in [5.74, 6) is 1.11. The van der Waals surface area contributed by atoms with Gasteiger partial charge in [-0.15, -0.1) is 0 Å². The Morgan fingerprint density at radius 1 is 1.20 bits per heavy atom. The third-order valence-electron chi connectivity index (χ3n) is 3.94. The molecule has 25 heavy (non-hydrogen) atoms. The number of carbonyl (C=O) groups is 1. The maximum absolute atomic E-state index is 12.5. The van der Waals surface area contributed by atoms with Crippen LogP contribution in [0.4, 0.5) is 5.69 Å². The number of amides is 1. The van der Waals surface area contributed by atoms with Gasteiger partial charge in [0.05, 0.1) is 11.9 Å². The van der Waals surface area contributed by atoms with Crippen molar-refractivity contribution in [2.24, 2.45) is 0 Å². The van der Waals surface area contributed by atoms with Crippen molar-refractivity contribution in [3.05, 3.63) is 65.9 Å². The van der Waals surface area contributed by atoms with Crippen molar-refractivity contribution in [1.29, 1.82) is 0 Å². The van der Waals surface area contributed by atoms with Gasteiger partial charge in [-0.25, -0.2) is 14.5 Å². The van der Waals surface area contributed by atoms with E-state index in [9.17, 15) is 4.79 Å². The molecular weight excluding hydrogens is 318 g/mol. The fraction of sp³-hybridized carbons (Fsp3) is 0.111. The molecule has 0 atom stereocenters. The monoisotopic (exact) mass is 333 g/mol. The molecule has 0 saturated heterocycles. The van der Waals surface area contributed by atoms with E-state index in [2.05, 4.69) is 20.4 Å². The number of aryl methyl sites for hydroxylation is 2. The van der Waals surface area contributed by atoms with Crippen LogP contribution in [-0.4, -0.2) is 25.5 Å². The number of nitrogens with zero attached hydrogens (tertiary/aromatic N) is 4. The van der Waals surface area contributed by atoms with E-state index in [4.69, 9.17) is 4.42 Å². The Hall–Kier alpha value is -3.48. The summed E-state index contributed by atoms with van der Waals surface area (Å²) < 4.78 is 7.17. The first-order valence-electron chi connectivity index (χ1n) is 7.76. The van der Waals surface area contributed by atoms with Crippen LogP contribution in [0.25, 0.3) is 17.1 Å². The highest BCUT2D eigenvalue weighted by Gasteiger charge is 2.14. The first-order valence-corrected chi connectivity index (χ1v) is 7.76. The van der Waals surface area contributed by atoms with Crippen molar-refractivity contribution < 1.29 is 9.21 Å². The molecule has 1 aromatic carbocycles. The smallest absolute Gasteiger partial charge is 0.261 e. The SMILES string of the molecule is Cc1nc(-c2ccc(NC(=O)c3cnn4cccnc34)cc2)oc1C. The van der Waals surface area contributed by atoms with Gasteiger partial charge in [-0.05, 0) is 44.2 Å². The van der Waals surface area contributed by atoms with Crippen LogP contribution in [0.15, 0.2) is 53.3 Å². The molecular formula is C18H15N5O2. The molecule has 0 fully saturated rings. The average Bonchev–Trinajstić information content (AvgIpc) is 3.19. The summed E-state index contributed by atoms with van der Waals surface area (Å²) in [6.45, 7) is 3.78. The van der Waals surface area contributed by atoms with E-state index in [1.165, 1.54) is 6.20 Å². The van der Waals surface area contributed by atoms with Crippen molar-refractivity contribution in [2.75, 3.05) is 5.32 Å². The lowest BCUT2D eigenvalue weighted by molar-refractivity contribution is 0.102. The molecule has 0 spiro atoms. The van der Waals surface area contributed by atoms with E-state index < -0.39 is 0 Å². The van der Waals surface area contributed by atoms with Gasteiger partial charge < -0.3 is 9.73 Å². The number of nitrogens with one attached hydrogen (secondary N) is 1. The Balaban J connectivity index is 1.55. The van der Waals surface area contributed by atoms with Crippen LogP contribution < -0.4 is 5.32 Å². The van der Waals surface area contributed by atoms with Gasteiger partial charge >= 0.3 is 0 Å². The molecule has 0 aliphatic carbocycles. The second-order valence-electron chi connectivity index (χ2n) is 5.64. The third-order valence-corrected chi connectivity index (χ3v) is 3.94. The molecule has 124 valence electrons. The summed E-state index contributed by atoms with van der Waals surface area (Å²) in [4.78, 5) is 21.0. The standard InChI is InChI=1S/C18H15N5O2/c1-11-12(2)25-18(21-11)13-4-6-14(7-5-13)22-17(24)15-10-20-23-9-3-8-19-16(15)23/h3-10H,1-2H3,(H,22,24). The number of rotatable bonds is 3. The molecule has 7 heteroatoms. The van der Waals surface area contributed by atoms with Gasteiger partial charge in [-0.3, -0.25) is 4.79 Å². The van der Waals surface area contributed by atoms with Gasteiger partial charge in [0.15, 0.2) is 5.65 Å². The second kappa shape index (κ2) is 5.86. The molecule has 0 bridgehead atoms. The molecule has 0 radical (unpaired) electrons. The summed E-state index contributed by atoms with van der Waals surface area (Å²) in [5, 5.41) is 6.97. The predicted molar refractivity (Wildman–Crippen MR) is 92.4 cm³/mol. The normalized spacial score (nSPS) is 11.0. The van der Waals surface area contributed by atoms with Crippen molar-refractivity contribution in [2.45, 2.75) is 13.8 Å². The molecule has 0 unspecified atom stereocenters. The van der Waals surface area contributed by atoms with Crippen molar-refractivity contribution >= 4 is 17.2 Å². The number of benzene rings is 1. The molecule has 0 aliphatic heterocycles. The number of anilines is 1. The van der Waals surface area contributed by atoms with E-state index >= 15 is 0 Å². The fourth-order valence-corrected chi connectivity index (χ4v) is 2.48. The third kappa shape index (κ3) is 2.76. The van der Waals surface area contributed by atoms with Crippen molar-refractivity contribution in [3.63, 3.8) is 0 Å². The van der Waals surface area contributed by atoms with Crippen LogP contribution in [0.1, 0.15) is 21.8 Å². The Bertz CT molecular complexity index is 1040. The summed E-state index contributed by atoms with van der Waals surface area (Å²) in [7, 11) is 0. The molecule has 0 saturated carbocycles. The zero-order chi connectivity index (χ0) is 17.4. The summed E-state index contributed by atoms with van der Waals surface area (Å²) >= 11 is 0. The van der Waals surface area contributed by atoms with Gasteiger partial charge in [-0.2, -0.15) is 5.10 Å². The molecule has 1 N–H and O–H groups in total. The minimum absolute atomic E-state index is 0.260. The first-order chi connectivity index (χ1) is 12.1. The molecule has 4 aromatic rings. The lowest BCUT2D eigenvalue weighted by Crippen LogP contribution is -2.11. The predicted octanol–water partition coefficient (Wildman–Crippen LogP) is 3.25. The zero-order valence-electron chi connectivity index (χ0n) is 13.7. The van der Waals surface area contributed by atoms with Gasteiger partial charge in [0.2, 0.25) is 5.89 Å². The molecule has 3 heterocycles. The molecule has 1 amide bonds. The maximum Gasteiger partial charge on any atom is 0.261 e. The highest BCUT2D eigenvalue weighted by atomic mass is 16.4. The quantitative estimate of drug-likeness (QED) is 0.622. The lowest BCUT2D eigenvalue weighted by Gasteiger charge is -2.04. The lowest BCUT2D eigenvalue weighted by atomic mass is 10.2. The zero-order valence-corrected chi connectivity index (χ0v) is 13.7. The Labute approximate surface area is 143 Å². The minimum atomic E-state index is -0.260. The van der Waals surface area contributed by atoms with Crippen LogP contribution in [0.3, 0.4) is 0 Å². The van der Waals surface area contributed by atoms with Gasteiger partial charge in [0, 0.05) is 23.6 Å². The largest absolute Gasteiger partial charge is 0.441 e. The number of oxazole rings is 1. The van der Waals surface area contributed by atoms with E-state index in [0.29, 0.717) is 22.8 Å². The number of hydrogen-bond donors (Lipinski definition) is 1. The van der Waals surface area contributed by atoms with Crippen LogP contribution in [0.2, 0.25) is 0 Å². The topological polar surface area (TPSA) is 85.3 Å². The Morgan fingerprint density at radius 3 is 2.72 bits per heavy atom. The number of hydrogen-bond acceptors (Lipinski definition) is 5. The minimum Gasteiger partial charge on any atom is -0.441 e. The first kappa shape index (κ1) is 15.1. The van der Waals surface area contributed by atoms with E-state index in [0.717, 1.165) is 17.0 Å². The maximum atomic E-state index is 12.5. The Kier molecular flexibility index (Phi) is 3.53. The molecule has 4 rings (SSSR count). The average molecular weight is 333 g/mol. The van der Waals surface area contributed by atoms with E-state index in [-0.39, 0.29) is 5.91 Å². The number of aromatic nitrogens is 4.